The Morgan fingerprint density at radius 2 is 1.53 bits per heavy atom. The van der Waals surface area contributed by atoms with E-state index >= 15 is 0 Å². The van der Waals surface area contributed by atoms with E-state index in [1.807, 2.05) is 65.6 Å². The van der Waals surface area contributed by atoms with E-state index in [1.165, 1.54) is 20.2 Å². The molecule has 2 unspecified atom stereocenters. The first kappa shape index (κ1) is 35.1. The van der Waals surface area contributed by atoms with Gasteiger partial charge in [0.2, 0.25) is 11.8 Å². The highest BCUT2D eigenvalue weighted by molar-refractivity contribution is 5.98. The van der Waals surface area contributed by atoms with Crippen LogP contribution in [-0.4, -0.2) is 75.1 Å². The van der Waals surface area contributed by atoms with Crippen molar-refractivity contribution < 1.29 is 28.7 Å². The Bertz CT molecular complexity index is 1500. The van der Waals surface area contributed by atoms with E-state index in [-0.39, 0.29) is 24.9 Å². The third-order valence-electron chi connectivity index (χ3n) is 7.57. The van der Waals surface area contributed by atoms with Crippen LogP contribution in [0.3, 0.4) is 0 Å². The van der Waals surface area contributed by atoms with Gasteiger partial charge in [-0.3, -0.25) is 14.4 Å². The zero-order chi connectivity index (χ0) is 34.0. The molecule has 2 atom stereocenters. The number of rotatable bonds is 12. The van der Waals surface area contributed by atoms with E-state index in [0.29, 0.717) is 13.1 Å². The van der Waals surface area contributed by atoms with Crippen molar-refractivity contribution in [3.05, 3.63) is 84.3 Å². The van der Waals surface area contributed by atoms with Gasteiger partial charge in [-0.15, -0.1) is 0 Å². The molecule has 12 heteroatoms. The number of carbonyl (C=O) groups is 4. The molecule has 1 aliphatic heterocycles. The van der Waals surface area contributed by atoms with E-state index in [9.17, 15) is 19.2 Å². The standard InChI is InChI=1S/C35H46N6O6/c1-34(2,3)47-33(45)39-35(4,5)32(44)37-27(23-46-22-25-15-9-6-10-16-25)30(42)38-28-21-41(24-36-28)29(26-17-11-7-12-18-26)31(43)40-19-13-8-14-20-40/h6-7,9-12,15-18,21,24,27,29H,8,13-14,19-20,22-23H2,1-5H3,(H,37,44)(H,38,42)(H,39,45). The summed E-state index contributed by atoms with van der Waals surface area (Å²) in [4.78, 5) is 59.4. The number of likely N-dealkylation sites (tertiary alicyclic amines) is 1. The van der Waals surface area contributed by atoms with Crippen LogP contribution in [0.5, 0.6) is 0 Å². The molecule has 3 aromatic rings. The number of aromatic nitrogens is 2. The summed E-state index contributed by atoms with van der Waals surface area (Å²) >= 11 is 0. The summed E-state index contributed by atoms with van der Waals surface area (Å²) < 4.78 is 12.8. The molecule has 4 amide bonds. The fourth-order valence-electron chi connectivity index (χ4n) is 5.13. The number of benzene rings is 2. The quantitative estimate of drug-likeness (QED) is 0.264. The summed E-state index contributed by atoms with van der Waals surface area (Å²) in [5.74, 6) is -1.03. The molecule has 47 heavy (non-hydrogen) atoms. The topological polar surface area (TPSA) is 144 Å². The maximum atomic E-state index is 13.7. The van der Waals surface area contributed by atoms with Crippen LogP contribution in [-0.2, 0) is 30.5 Å². The lowest BCUT2D eigenvalue weighted by atomic mass is 10.0. The van der Waals surface area contributed by atoms with Gasteiger partial charge in [-0.1, -0.05) is 60.7 Å². The predicted octanol–water partition coefficient (Wildman–Crippen LogP) is 4.43. The SMILES string of the molecule is CC(C)(C)OC(=O)NC(C)(C)C(=O)NC(COCc1ccccc1)C(=O)Nc1cn(C(C(=O)N2CCCCC2)c2ccccc2)cn1. The van der Waals surface area contributed by atoms with Crippen LogP contribution >= 0.6 is 0 Å². The lowest BCUT2D eigenvalue weighted by Gasteiger charge is -2.31. The van der Waals surface area contributed by atoms with Crippen LogP contribution in [0, 0.1) is 0 Å². The highest BCUT2D eigenvalue weighted by Gasteiger charge is 2.35. The van der Waals surface area contributed by atoms with Crippen molar-refractivity contribution >= 4 is 29.6 Å². The summed E-state index contributed by atoms with van der Waals surface area (Å²) in [6.07, 6.45) is 5.38. The molecular formula is C35H46N6O6. The predicted molar refractivity (Wildman–Crippen MR) is 177 cm³/mol. The summed E-state index contributed by atoms with van der Waals surface area (Å²) in [6, 6.07) is 17.1. The Hall–Kier alpha value is -4.71. The van der Waals surface area contributed by atoms with Gasteiger partial charge in [0.25, 0.3) is 5.91 Å². The van der Waals surface area contributed by atoms with E-state index in [1.54, 1.807) is 31.5 Å². The number of hydrogen-bond donors (Lipinski definition) is 3. The molecular weight excluding hydrogens is 600 g/mol. The van der Waals surface area contributed by atoms with Crippen molar-refractivity contribution in [2.75, 3.05) is 25.0 Å². The normalized spacial score (nSPS) is 14.9. The van der Waals surface area contributed by atoms with Gasteiger partial charge in [-0.25, -0.2) is 9.78 Å². The minimum absolute atomic E-state index is 0.0367. The molecule has 252 valence electrons. The van der Waals surface area contributed by atoms with Gasteiger partial charge in [0, 0.05) is 19.3 Å². The number of alkyl carbamates (subject to hydrolysis) is 1. The molecule has 0 radical (unpaired) electrons. The largest absolute Gasteiger partial charge is 0.444 e. The molecule has 1 saturated heterocycles. The minimum Gasteiger partial charge on any atom is -0.444 e. The Kier molecular flexibility index (Phi) is 11.8. The van der Waals surface area contributed by atoms with Crippen molar-refractivity contribution in [3.63, 3.8) is 0 Å². The number of nitrogens with one attached hydrogen (secondary N) is 3. The Morgan fingerprint density at radius 3 is 2.17 bits per heavy atom. The molecule has 4 rings (SSSR count). The highest BCUT2D eigenvalue weighted by Crippen LogP contribution is 2.24. The zero-order valence-corrected chi connectivity index (χ0v) is 27.8. The lowest BCUT2D eigenvalue weighted by molar-refractivity contribution is -0.134. The van der Waals surface area contributed by atoms with Crippen molar-refractivity contribution in [3.8, 4) is 0 Å². The van der Waals surface area contributed by atoms with E-state index in [4.69, 9.17) is 9.47 Å². The van der Waals surface area contributed by atoms with Gasteiger partial charge in [0.1, 0.15) is 23.2 Å². The summed E-state index contributed by atoms with van der Waals surface area (Å²) in [7, 11) is 0. The fraction of sp³-hybridized carbons (Fsp3) is 0.457. The van der Waals surface area contributed by atoms with Crippen LogP contribution in [0.4, 0.5) is 10.6 Å². The zero-order valence-electron chi connectivity index (χ0n) is 27.8. The number of piperidine rings is 1. The van der Waals surface area contributed by atoms with Crippen molar-refractivity contribution in [2.45, 2.75) is 83.7 Å². The molecule has 3 N–H and O–H groups in total. The van der Waals surface area contributed by atoms with Gasteiger partial charge >= 0.3 is 6.09 Å². The first-order valence-corrected chi connectivity index (χ1v) is 15.9. The molecule has 0 spiro atoms. The molecule has 1 fully saturated rings. The number of hydrogen-bond acceptors (Lipinski definition) is 7. The number of carbonyl (C=O) groups excluding carboxylic acids is 4. The number of nitrogens with zero attached hydrogens (tertiary/aromatic N) is 3. The summed E-state index contributed by atoms with van der Waals surface area (Å²) in [5, 5.41) is 8.03. The third kappa shape index (κ3) is 10.4. The fourth-order valence-corrected chi connectivity index (χ4v) is 5.13. The molecule has 0 aliphatic carbocycles. The Balaban J connectivity index is 1.50. The Labute approximate surface area is 276 Å². The first-order valence-electron chi connectivity index (χ1n) is 15.9. The maximum absolute atomic E-state index is 13.7. The van der Waals surface area contributed by atoms with Gasteiger partial charge in [0.05, 0.1) is 19.5 Å². The van der Waals surface area contributed by atoms with Crippen LogP contribution < -0.4 is 16.0 Å². The van der Waals surface area contributed by atoms with Gasteiger partial charge in [-0.05, 0) is 65.0 Å². The van der Waals surface area contributed by atoms with Gasteiger partial charge < -0.3 is 34.9 Å². The molecule has 0 bridgehead atoms. The molecule has 2 aromatic carbocycles. The molecule has 1 aromatic heterocycles. The monoisotopic (exact) mass is 646 g/mol. The van der Waals surface area contributed by atoms with Crippen molar-refractivity contribution in [1.82, 2.24) is 25.1 Å². The number of imidazole rings is 1. The van der Waals surface area contributed by atoms with Crippen LogP contribution in [0.25, 0.3) is 0 Å². The van der Waals surface area contributed by atoms with E-state index in [2.05, 4.69) is 20.9 Å². The average molecular weight is 647 g/mol. The van der Waals surface area contributed by atoms with Crippen LogP contribution in [0.1, 0.15) is 71.0 Å². The highest BCUT2D eigenvalue weighted by atomic mass is 16.6. The minimum atomic E-state index is -1.42. The van der Waals surface area contributed by atoms with Gasteiger partial charge in [0.15, 0.2) is 5.82 Å². The van der Waals surface area contributed by atoms with Crippen molar-refractivity contribution in [1.29, 1.82) is 0 Å². The van der Waals surface area contributed by atoms with Crippen LogP contribution in [0.2, 0.25) is 0 Å². The lowest BCUT2D eigenvalue weighted by Crippen LogP contribution is -2.59. The second-order valence-corrected chi connectivity index (χ2v) is 13.2. The number of ether oxygens (including phenoxy) is 2. The molecule has 12 nitrogen and oxygen atoms in total. The van der Waals surface area contributed by atoms with E-state index in [0.717, 1.165) is 30.4 Å². The molecule has 1 aliphatic rings. The first-order chi connectivity index (χ1) is 22.3. The second kappa shape index (κ2) is 15.7. The van der Waals surface area contributed by atoms with E-state index < -0.39 is 41.1 Å². The van der Waals surface area contributed by atoms with Crippen LogP contribution in [0.15, 0.2) is 73.2 Å². The molecule has 2 heterocycles. The number of anilines is 1. The van der Waals surface area contributed by atoms with Gasteiger partial charge in [-0.2, -0.15) is 0 Å². The molecule has 0 saturated carbocycles. The smallest absolute Gasteiger partial charge is 0.408 e. The average Bonchev–Trinajstić information content (AvgIpc) is 3.48. The summed E-state index contributed by atoms with van der Waals surface area (Å²) in [6.45, 7) is 9.63. The third-order valence-corrected chi connectivity index (χ3v) is 7.57. The Morgan fingerprint density at radius 1 is 0.894 bits per heavy atom. The maximum Gasteiger partial charge on any atom is 0.408 e. The van der Waals surface area contributed by atoms with Crippen molar-refractivity contribution in [2.24, 2.45) is 0 Å². The summed E-state index contributed by atoms with van der Waals surface area (Å²) in [5.41, 5.74) is -0.475. The number of amides is 4. The second-order valence-electron chi connectivity index (χ2n) is 13.2.